The zero-order chi connectivity index (χ0) is 44.1. The highest BCUT2D eigenvalue weighted by atomic mass is 35.5. The minimum absolute atomic E-state index is 0.00367. The van der Waals surface area contributed by atoms with Gasteiger partial charge in [-0.2, -0.15) is 4.89 Å². The van der Waals surface area contributed by atoms with E-state index >= 15 is 0 Å². The van der Waals surface area contributed by atoms with Crippen LogP contribution in [0.15, 0.2) is 36.4 Å². The zero-order valence-corrected chi connectivity index (χ0v) is 35.2. The van der Waals surface area contributed by atoms with Crippen molar-refractivity contribution in [1.82, 2.24) is 5.06 Å². The predicted molar refractivity (Wildman–Crippen MR) is 204 cm³/mol. The largest absolute Gasteiger partial charge is 0.462 e. The van der Waals surface area contributed by atoms with Gasteiger partial charge < -0.3 is 38.0 Å². The number of esters is 4. The van der Waals surface area contributed by atoms with Crippen LogP contribution in [-0.2, 0) is 84.0 Å². The van der Waals surface area contributed by atoms with Crippen LogP contribution in [0.25, 0.3) is 0 Å². The second-order valence-corrected chi connectivity index (χ2v) is 17.5. The standard InChI is InChI=1S/C43H44ClNO17/c1-20(46)54-19-40-36(55-21(2)47)37(56-22(3)48)42(40,58-23(4)49)39(59-40)57-32-17-25(12-24-6-8-27(9-7-24)38(52)60-45-33(50)10-11-34(45)51)16-31(35(32)44)43(53-5)41(61-62-43)29-14-26-13-28(18-29)30(41)15-26/h6-9,16-17,26,28-30,36-37,39H,10-15,18-19H2,1-5H3/t26?,28?,29?,30?,36-,37?,39-,40?,41?,42?,43?/m1/s1. The number of imide groups is 1. The fourth-order valence-corrected chi connectivity index (χ4v) is 11.6. The Kier molecular flexibility index (Phi) is 10.2. The number of nitrogens with zero attached hydrogens (tertiary/aromatic N) is 1. The maximum Gasteiger partial charge on any atom is 0.363 e. The molecule has 3 aliphatic heterocycles. The van der Waals surface area contributed by atoms with Gasteiger partial charge in [0.05, 0.1) is 10.6 Å². The van der Waals surface area contributed by atoms with Crippen molar-refractivity contribution in [3.8, 4) is 5.75 Å². The molecule has 0 aromatic heterocycles. The molecule has 18 nitrogen and oxygen atoms in total. The van der Waals surface area contributed by atoms with Crippen molar-refractivity contribution in [2.24, 2.45) is 23.7 Å². The maximum absolute atomic E-state index is 12.9. The molecule has 1 spiro atoms. The molecule has 4 bridgehead atoms. The van der Waals surface area contributed by atoms with Crippen molar-refractivity contribution >= 4 is 53.3 Å². The molecular formula is C43H44ClNO17. The van der Waals surface area contributed by atoms with Gasteiger partial charge in [0, 0.05) is 59.1 Å². The van der Waals surface area contributed by atoms with E-state index in [4.69, 9.17) is 59.4 Å². The Morgan fingerprint density at radius 2 is 1.52 bits per heavy atom. The van der Waals surface area contributed by atoms with E-state index in [9.17, 15) is 33.6 Å². The number of methoxy groups -OCH3 is 1. The Balaban J connectivity index is 1.10. The number of halogens is 1. The van der Waals surface area contributed by atoms with E-state index in [-0.39, 0.29) is 47.4 Å². The van der Waals surface area contributed by atoms with Crippen molar-refractivity contribution < 1.29 is 81.3 Å². The van der Waals surface area contributed by atoms with E-state index in [1.54, 1.807) is 18.2 Å². The van der Waals surface area contributed by atoms with Crippen LogP contribution < -0.4 is 4.74 Å². The van der Waals surface area contributed by atoms with Crippen LogP contribution in [0.1, 0.15) is 93.3 Å². The van der Waals surface area contributed by atoms with Gasteiger partial charge in [-0.3, -0.25) is 28.8 Å². The molecular weight excluding hydrogens is 838 g/mol. The fraction of sp³-hybridized carbons (Fsp3) is 0.558. The first-order chi connectivity index (χ1) is 29.5. The number of ether oxygens (including phenoxy) is 7. The lowest BCUT2D eigenvalue weighted by Crippen LogP contribution is -2.98. The highest BCUT2D eigenvalue weighted by Gasteiger charge is 2.92. The molecule has 5 aliphatic carbocycles. The molecule has 8 aliphatic rings. The van der Waals surface area contributed by atoms with Gasteiger partial charge in [0.25, 0.3) is 17.6 Å². The lowest BCUT2D eigenvalue weighted by molar-refractivity contribution is -0.635. The Labute approximate surface area is 359 Å². The number of amides is 2. The summed E-state index contributed by atoms with van der Waals surface area (Å²) in [7, 11) is 1.52. The van der Waals surface area contributed by atoms with Crippen molar-refractivity contribution in [3.05, 3.63) is 63.7 Å². The van der Waals surface area contributed by atoms with Crippen LogP contribution in [-0.4, -0.2) is 95.7 Å². The van der Waals surface area contributed by atoms with Crippen LogP contribution in [0.4, 0.5) is 0 Å². The third kappa shape index (κ3) is 6.07. The molecule has 2 aromatic rings. The molecule has 330 valence electrons. The number of hydroxylamine groups is 2. The quantitative estimate of drug-likeness (QED) is 0.121. The third-order valence-electron chi connectivity index (χ3n) is 13.6. The maximum atomic E-state index is 12.9. The van der Waals surface area contributed by atoms with Crippen molar-refractivity contribution in [2.45, 2.75) is 114 Å². The van der Waals surface area contributed by atoms with Crippen LogP contribution in [0.3, 0.4) is 0 Å². The number of hydrogen-bond donors (Lipinski definition) is 0. The molecule has 19 heteroatoms. The first-order valence-electron chi connectivity index (χ1n) is 20.4. The van der Waals surface area contributed by atoms with Gasteiger partial charge in [0.1, 0.15) is 12.4 Å². The Bertz CT molecular complexity index is 2260. The molecule has 62 heavy (non-hydrogen) atoms. The minimum atomic E-state index is -2.02. The van der Waals surface area contributed by atoms with E-state index in [1.165, 1.54) is 19.2 Å². The highest BCUT2D eigenvalue weighted by Crippen LogP contribution is 2.73. The van der Waals surface area contributed by atoms with Crippen LogP contribution in [0.2, 0.25) is 5.02 Å². The first kappa shape index (κ1) is 42.2. The average Bonchev–Trinajstić information content (AvgIpc) is 3.77. The van der Waals surface area contributed by atoms with Crippen LogP contribution >= 0.6 is 11.6 Å². The van der Waals surface area contributed by atoms with Gasteiger partial charge in [0.15, 0.2) is 23.4 Å². The van der Waals surface area contributed by atoms with Crippen LogP contribution in [0, 0.1) is 23.7 Å². The smallest absolute Gasteiger partial charge is 0.363 e. The minimum Gasteiger partial charge on any atom is -0.462 e. The summed E-state index contributed by atoms with van der Waals surface area (Å²) in [6.07, 6.45) is -0.407. The second-order valence-electron chi connectivity index (χ2n) is 17.1. The van der Waals surface area contributed by atoms with E-state index in [0.717, 1.165) is 53.4 Å². The topological polar surface area (TPSA) is 215 Å². The summed E-state index contributed by atoms with van der Waals surface area (Å²) >= 11 is 7.37. The van der Waals surface area contributed by atoms with Crippen LogP contribution in [0.5, 0.6) is 5.75 Å². The summed E-state index contributed by atoms with van der Waals surface area (Å²) in [4.78, 5) is 104. The van der Waals surface area contributed by atoms with Gasteiger partial charge in [-0.05, 0) is 85.3 Å². The van der Waals surface area contributed by atoms with Crippen molar-refractivity contribution in [3.63, 3.8) is 0 Å². The number of rotatable bonds is 13. The van der Waals surface area contributed by atoms with Gasteiger partial charge in [0.2, 0.25) is 11.9 Å². The summed E-state index contributed by atoms with van der Waals surface area (Å²) in [5.74, 6) is -5.48. The summed E-state index contributed by atoms with van der Waals surface area (Å²) in [5, 5.41) is 0.518. The molecule has 2 aromatic carbocycles. The summed E-state index contributed by atoms with van der Waals surface area (Å²) in [6.45, 7) is 3.93. The number of fused-ring (bicyclic) bond motifs is 1. The molecule has 3 heterocycles. The summed E-state index contributed by atoms with van der Waals surface area (Å²) in [6, 6.07) is 9.79. The van der Waals surface area contributed by atoms with Gasteiger partial charge >= 0.3 is 29.8 Å². The zero-order valence-electron chi connectivity index (χ0n) is 34.4. The molecule has 0 radical (unpaired) electrons. The van der Waals surface area contributed by atoms with Crippen molar-refractivity contribution in [1.29, 1.82) is 0 Å². The number of carbonyl (C=O) groups excluding carboxylic acids is 7. The van der Waals surface area contributed by atoms with Gasteiger partial charge in [-0.15, -0.1) is 5.06 Å². The molecule has 2 amide bonds. The number of benzene rings is 2. The molecule has 3 saturated heterocycles. The van der Waals surface area contributed by atoms with Gasteiger partial charge in [-0.25, -0.2) is 9.68 Å². The highest BCUT2D eigenvalue weighted by molar-refractivity contribution is 6.33. The lowest BCUT2D eigenvalue weighted by atomic mass is 9.55. The SMILES string of the molecule is COC1(c2cc(Cc3ccc(C(=O)ON4C(=O)CCC4=O)cc3)cc(O[C@@H]3OC4(COC(C)=O)[C@H](OC(C)=O)C(OC(C)=O)C34OC(C)=O)c2Cl)OOC12C1CC3CC(C1)C2C3. The average molecular weight is 882 g/mol. The molecule has 0 N–H and O–H groups in total. The normalized spacial score (nSPS) is 35.6. The Morgan fingerprint density at radius 1 is 0.823 bits per heavy atom. The molecule has 8 fully saturated rings. The third-order valence-corrected chi connectivity index (χ3v) is 14.0. The van der Waals surface area contributed by atoms with E-state index in [1.807, 2.05) is 6.07 Å². The molecule has 5 saturated carbocycles. The second kappa shape index (κ2) is 15.0. The first-order valence-corrected chi connectivity index (χ1v) is 20.8. The summed E-state index contributed by atoms with van der Waals surface area (Å²) < 4.78 is 41.7. The molecule has 10 rings (SSSR count). The Morgan fingerprint density at radius 3 is 2.11 bits per heavy atom. The molecule has 11 atom stereocenters. The fourth-order valence-electron chi connectivity index (χ4n) is 11.3. The van der Waals surface area contributed by atoms with E-state index in [0.29, 0.717) is 33.6 Å². The molecule has 9 unspecified atom stereocenters. The number of hydrogen-bond acceptors (Lipinski definition) is 17. The van der Waals surface area contributed by atoms with E-state index in [2.05, 4.69) is 0 Å². The van der Waals surface area contributed by atoms with Crippen molar-refractivity contribution in [2.75, 3.05) is 13.7 Å². The monoisotopic (exact) mass is 881 g/mol. The Hall–Kier alpha value is -5.14. The predicted octanol–water partition coefficient (Wildman–Crippen LogP) is 3.93. The van der Waals surface area contributed by atoms with E-state index < -0.39 is 89.4 Å². The summed E-state index contributed by atoms with van der Waals surface area (Å²) in [5.41, 5.74) is -2.97. The number of carbonyl (C=O) groups is 7. The lowest BCUT2D eigenvalue weighted by Gasteiger charge is -2.71. The van der Waals surface area contributed by atoms with Gasteiger partial charge in [-0.1, -0.05) is 23.7 Å².